The summed E-state index contributed by atoms with van der Waals surface area (Å²) in [6, 6.07) is 10.9. The summed E-state index contributed by atoms with van der Waals surface area (Å²) in [4.78, 5) is 39.7. The molecule has 1 aromatic heterocycles. The minimum atomic E-state index is -1.04. The Morgan fingerprint density at radius 3 is 2.84 bits per heavy atom. The molecule has 2 amide bonds. The molecule has 2 aromatic carbocycles. The fourth-order valence-corrected chi connectivity index (χ4v) is 3.60. The van der Waals surface area contributed by atoms with Crippen LogP contribution in [0.3, 0.4) is 0 Å². The molecule has 1 atom stereocenters. The van der Waals surface area contributed by atoms with Crippen LogP contribution in [0.15, 0.2) is 57.7 Å². The number of nitrogens with zero attached hydrogens (tertiary/aromatic N) is 1. The maximum Gasteiger partial charge on any atom is 0.349 e. The van der Waals surface area contributed by atoms with Crippen LogP contribution in [0.2, 0.25) is 0 Å². The lowest BCUT2D eigenvalue weighted by Gasteiger charge is -2.35. The highest BCUT2D eigenvalue weighted by atomic mass is 19.1. The van der Waals surface area contributed by atoms with E-state index >= 15 is 0 Å². The van der Waals surface area contributed by atoms with Gasteiger partial charge in [-0.3, -0.25) is 9.59 Å². The average Bonchev–Trinajstić information content (AvgIpc) is 2.76. The van der Waals surface area contributed by atoms with Crippen molar-refractivity contribution in [3.05, 3.63) is 75.9 Å². The maximum absolute atomic E-state index is 13.7. The Hall–Kier alpha value is -3.68. The lowest BCUT2D eigenvalue weighted by atomic mass is 10.0. The zero-order valence-corrected chi connectivity index (χ0v) is 16.9. The summed E-state index contributed by atoms with van der Waals surface area (Å²) in [7, 11) is 0. The molecule has 8 heteroatoms. The van der Waals surface area contributed by atoms with E-state index in [0.29, 0.717) is 28.9 Å². The molecule has 1 unspecified atom stereocenters. The molecule has 1 fully saturated rings. The van der Waals surface area contributed by atoms with Crippen molar-refractivity contribution in [3.63, 3.8) is 0 Å². The second kappa shape index (κ2) is 8.59. The first kappa shape index (κ1) is 20.6. The van der Waals surface area contributed by atoms with Crippen LogP contribution < -0.4 is 15.7 Å². The van der Waals surface area contributed by atoms with Crippen LogP contribution in [0.1, 0.15) is 35.3 Å². The lowest BCUT2D eigenvalue weighted by Crippen LogP contribution is -2.52. The highest BCUT2D eigenvalue weighted by Crippen LogP contribution is 2.27. The first-order valence-corrected chi connectivity index (χ1v) is 10.0. The summed E-state index contributed by atoms with van der Waals surface area (Å²) < 4.78 is 24.7. The van der Waals surface area contributed by atoms with Crippen LogP contribution in [0, 0.1) is 5.82 Å². The van der Waals surface area contributed by atoms with E-state index in [9.17, 15) is 18.8 Å². The molecule has 1 aliphatic rings. The van der Waals surface area contributed by atoms with Crippen molar-refractivity contribution in [2.24, 2.45) is 0 Å². The van der Waals surface area contributed by atoms with Crippen molar-refractivity contribution < 1.29 is 23.1 Å². The number of hydrogen-bond acceptors (Lipinski definition) is 5. The van der Waals surface area contributed by atoms with Gasteiger partial charge in [0.2, 0.25) is 5.91 Å². The largest absolute Gasteiger partial charge is 0.493 e. The summed E-state index contributed by atoms with van der Waals surface area (Å²) in [5.74, 6) is -1.04. The Labute approximate surface area is 177 Å². The molecule has 1 aliphatic heterocycles. The van der Waals surface area contributed by atoms with Crippen molar-refractivity contribution >= 4 is 22.8 Å². The van der Waals surface area contributed by atoms with Gasteiger partial charge < -0.3 is 19.4 Å². The molecule has 4 rings (SSSR count). The van der Waals surface area contributed by atoms with Crippen LogP contribution >= 0.6 is 0 Å². The van der Waals surface area contributed by atoms with E-state index in [2.05, 4.69) is 5.32 Å². The minimum Gasteiger partial charge on any atom is -0.493 e. The molecular weight excluding hydrogens is 403 g/mol. The van der Waals surface area contributed by atoms with E-state index < -0.39 is 29.3 Å². The molecule has 1 N–H and O–H groups in total. The number of benzene rings is 2. The van der Waals surface area contributed by atoms with Gasteiger partial charge in [-0.1, -0.05) is 19.1 Å². The third kappa shape index (κ3) is 4.14. The molecule has 0 aliphatic carbocycles. The number of piperazine rings is 1. The van der Waals surface area contributed by atoms with Crippen LogP contribution in [0.4, 0.5) is 4.39 Å². The highest BCUT2D eigenvalue weighted by molar-refractivity contribution is 6.00. The predicted octanol–water partition coefficient (Wildman–Crippen LogP) is 3.03. The number of halogens is 1. The maximum atomic E-state index is 13.7. The van der Waals surface area contributed by atoms with Gasteiger partial charge in [0.15, 0.2) is 0 Å². The number of nitrogens with one attached hydrogen (secondary N) is 1. The Balaban J connectivity index is 1.70. The number of ether oxygens (including phenoxy) is 1. The van der Waals surface area contributed by atoms with Gasteiger partial charge in [0.1, 0.15) is 28.8 Å². The molecule has 2 heterocycles. The second-order valence-corrected chi connectivity index (χ2v) is 7.24. The van der Waals surface area contributed by atoms with Gasteiger partial charge in [-0.25, -0.2) is 9.18 Å². The van der Waals surface area contributed by atoms with Crippen molar-refractivity contribution in [3.8, 4) is 5.75 Å². The van der Waals surface area contributed by atoms with Gasteiger partial charge in [0.05, 0.1) is 6.61 Å². The Kier molecular flexibility index (Phi) is 5.70. The topological polar surface area (TPSA) is 88.9 Å². The lowest BCUT2D eigenvalue weighted by molar-refractivity contribution is -0.128. The quantitative estimate of drug-likeness (QED) is 0.636. The summed E-state index contributed by atoms with van der Waals surface area (Å²) in [6.07, 6.45) is 0.839. The number of hydrogen-bond donors (Lipinski definition) is 1. The normalized spacial score (nSPS) is 16.3. The second-order valence-electron chi connectivity index (χ2n) is 7.24. The van der Waals surface area contributed by atoms with Gasteiger partial charge in [0.25, 0.3) is 5.91 Å². The smallest absolute Gasteiger partial charge is 0.349 e. The zero-order valence-electron chi connectivity index (χ0n) is 16.9. The molecule has 1 saturated heterocycles. The van der Waals surface area contributed by atoms with E-state index in [1.807, 2.05) is 6.92 Å². The van der Waals surface area contributed by atoms with Crippen molar-refractivity contribution in [2.75, 3.05) is 19.7 Å². The molecular formula is C23H21FN2O5. The van der Waals surface area contributed by atoms with E-state index in [-0.39, 0.29) is 18.7 Å². The summed E-state index contributed by atoms with van der Waals surface area (Å²) in [5.41, 5.74) is -0.374. The van der Waals surface area contributed by atoms with Gasteiger partial charge >= 0.3 is 5.63 Å². The third-order valence-corrected chi connectivity index (χ3v) is 5.05. The van der Waals surface area contributed by atoms with E-state index in [1.165, 1.54) is 29.2 Å². The summed E-state index contributed by atoms with van der Waals surface area (Å²) in [5, 5.41) is 3.23. The van der Waals surface area contributed by atoms with E-state index in [1.54, 1.807) is 24.3 Å². The van der Waals surface area contributed by atoms with Crippen molar-refractivity contribution in [1.29, 1.82) is 0 Å². The number of carbonyl (C=O) groups is 2. The molecule has 3 aromatic rings. The van der Waals surface area contributed by atoms with Crippen LogP contribution in [-0.2, 0) is 4.79 Å². The molecule has 0 spiro atoms. The Bertz CT molecular complexity index is 1210. The van der Waals surface area contributed by atoms with Crippen molar-refractivity contribution in [1.82, 2.24) is 10.2 Å². The molecule has 0 bridgehead atoms. The highest BCUT2D eigenvalue weighted by Gasteiger charge is 2.36. The first-order chi connectivity index (χ1) is 15.0. The third-order valence-electron chi connectivity index (χ3n) is 5.05. The molecule has 31 heavy (non-hydrogen) atoms. The first-order valence-electron chi connectivity index (χ1n) is 10.0. The summed E-state index contributed by atoms with van der Waals surface area (Å²) in [6.45, 7) is 2.92. The van der Waals surface area contributed by atoms with Crippen LogP contribution in [0.5, 0.6) is 5.75 Å². The predicted molar refractivity (Wildman–Crippen MR) is 111 cm³/mol. The fourth-order valence-electron chi connectivity index (χ4n) is 3.60. The summed E-state index contributed by atoms with van der Waals surface area (Å²) >= 11 is 0. The monoisotopic (exact) mass is 424 g/mol. The molecule has 7 nitrogen and oxygen atoms in total. The molecule has 0 radical (unpaired) electrons. The van der Waals surface area contributed by atoms with Gasteiger partial charge in [0, 0.05) is 24.5 Å². The number of fused-ring (bicyclic) bond motifs is 1. The average molecular weight is 424 g/mol. The fraction of sp³-hybridized carbons (Fsp3) is 0.261. The Morgan fingerprint density at radius 1 is 1.23 bits per heavy atom. The van der Waals surface area contributed by atoms with Crippen LogP contribution in [0.25, 0.3) is 11.0 Å². The van der Waals surface area contributed by atoms with Crippen LogP contribution in [-0.4, -0.2) is 36.4 Å². The SMILES string of the molecule is CCCOc1ccc2cc(C(=O)N3CCNC(=O)C3c3cccc(F)c3)c(=O)oc2c1. The van der Waals surface area contributed by atoms with Gasteiger partial charge in [-0.05, 0) is 42.3 Å². The Morgan fingerprint density at radius 2 is 2.06 bits per heavy atom. The van der Waals surface area contributed by atoms with E-state index in [0.717, 1.165) is 6.42 Å². The van der Waals surface area contributed by atoms with Crippen molar-refractivity contribution in [2.45, 2.75) is 19.4 Å². The van der Waals surface area contributed by atoms with Gasteiger partial charge in [-0.2, -0.15) is 0 Å². The number of carbonyl (C=O) groups excluding carboxylic acids is 2. The molecule has 160 valence electrons. The van der Waals surface area contributed by atoms with Gasteiger partial charge in [-0.15, -0.1) is 0 Å². The molecule has 0 saturated carbocycles. The zero-order chi connectivity index (χ0) is 22.0. The number of amides is 2. The minimum absolute atomic E-state index is 0.174. The van der Waals surface area contributed by atoms with E-state index in [4.69, 9.17) is 9.15 Å². The standard InChI is InChI=1S/C23H21FN2O5/c1-2-10-30-17-7-6-14-12-18(23(29)31-19(14)13-17)22(28)26-9-8-25-21(27)20(26)15-4-3-5-16(24)11-15/h3-7,11-13,20H,2,8-10H2,1H3,(H,25,27). The number of rotatable bonds is 5.